The first-order valence-electron chi connectivity index (χ1n) is 6.43. The molecule has 0 spiro atoms. The second kappa shape index (κ2) is 5.25. The summed E-state index contributed by atoms with van der Waals surface area (Å²) in [6.07, 6.45) is 4.83. The minimum absolute atomic E-state index is 0.825. The summed E-state index contributed by atoms with van der Waals surface area (Å²) in [5.74, 6) is 2.21. The average Bonchev–Trinajstić information content (AvgIpc) is 2.89. The van der Waals surface area contributed by atoms with Crippen molar-refractivity contribution in [1.29, 1.82) is 0 Å². The number of aryl methyl sites for hydroxylation is 3. The minimum atomic E-state index is 0.825. The fourth-order valence-electron chi connectivity index (χ4n) is 2.25. The summed E-state index contributed by atoms with van der Waals surface area (Å²) in [5.41, 5.74) is 2.32. The molecular formula is C13H21N5. The van der Waals surface area contributed by atoms with Crippen LogP contribution in [0.4, 0.5) is 5.82 Å². The molecule has 0 saturated carbocycles. The molecule has 0 aliphatic rings. The zero-order valence-corrected chi connectivity index (χ0v) is 11.6. The summed E-state index contributed by atoms with van der Waals surface area (Å²) in [4.78, 5) is 4.36. The number of rotatable bonds is 5. The van der Waals surface area contributed by atoms with Crippen molar-refractivity contribution in [3.8, 4) is 0 Å². The Morgan fingerprint density at radius 3 is 2.78 bits per heavy atom. The zero-order chi connectivity index (χ0) is 13.1. The predicted octanol–water partition coefficient (Wildman–Crippen LogP) is 1.97. The van der Waals surface area contributed by atoms with E-state index in [1.54, 1.807) is 0 Å². The maximum atomic E-state index is 4.49. The van der Waals surface area contributed by atoms with Gasteiger partial charge in [0.05, 0.1) is 12.2 Å². The third-order valence-electron chi connectivity index (χ3n) is 3.14. The molecule has 0 saturated heterocycles. The minimum Gasteiger partial charge on any atom is -0.370 e. The Labute approximate surface area is 108 Å². The number of nitrogens with zero attached hydrogens (tertiary/aromatic N) is 4. The SMILES string of the molecule is CCNc1c(Cn2ccnc2CC)c(C)nn1C. The van der Waals surface area contributed by atoms with Crippen LogP contribution in [0.15, 0.2) is 12.4 Å². The lowest BCUT2D eigenvalue weighted by atomic mass is 10.2. The number of aromatic nitrogens is 4. The summed E-state index contributed by atoms with van der Waals surface area (Å²) in [7, 11) is 1.98. The molecular weight excluding hydrogens is 226 g/mol. The molecule has 0 radical (unpaired) electrons. The summed E-state index contributed by atoms with van der Waals surface area (Å²) < 4.78 is 4.10. The fraction of sp³-hybridized carbons (Fsp3) is 0.538. The Bertz CT molecular complexity index is 523. The Morgan fingerprint density at radius 1 is 1.33 bits per heavy atom. The molecule has 0 aliphatic carbocycles. The van der Waals surface area contributed by atoms with Crippen LogP contribution in [0.5, 0.6) is 0 Å². The number of imidazole rings is 1. The average molecular weight is 247 g/mol. The van der Waals surface area contributed by atoms with Gasteiger partial charge < -0.3 is 9.88 Å². The van der Waals surface area contributed by atoms with E-state index in [1.165, 1.54) is 5.56 Å². The van der Waals surface area contributed by atoms with E-state index in [9.17, 15) is 0 Å². The lowest BCUT2D eigenvalue weighted by Crippen LogP contribution is -2.09. The second-order valence-electron chi connectivity index (χ2n) is 4.39. The maximum absolute atomic E-state index is 4.49. The van der Waals surface area contributed by atoms with E-state index < -0.39 is 0 Å². The highest BCUT2D eigenvalue weighted by Gasteiger charge is 2.13. The van der Waals surface area contributed by atoms with E-state index in [1.807, 2.05) is 24.1 Å². The molecule has 2 aromatic heterocycles. The molecule has 2 heterocycles. The fourth-order valence-corrected chi connectivity index (χ4v) is 2.25. The first-order valence-corrected chi connectivity index (χ1v) is 6.43. The monoisotopic (exact) mass is 247 g/mol. The molecule has 0 atom stereocenters. The van der Waals surface area contributed by atoms with Crippen LogP contribution in [0.2, 0.25) is 0 Å². The van der Waals surface area contributed by atoms with Gasteiger partial charge in [0.1, 0.15) is 11.6 Å². The summed E-state index contributed by atoms with van der Waals surface area (Å²) in [5, 5.41) is 7.87. The van der Waals surface area contributed by atoms with Gasteiger partial charge in [-0.2, -0.15) is 5.10 Å². The van der Waals surface area contributed by atoms with Crippen molar-refractivity contribution in [3.05, 3.63) is 29.5 Å². The summed E-state index contributed by atoms with van der Waals surface area (Å²) in [6, 6.07) is 0. The van der Waals surface area contributed by atoms with Crippen LogP contribution in [-0.4, -0.2) is 25.9 Å². The number of hydrogen-bond donors (Lipinski definition) is 1. The smallest absolute Gasteiger partial charge is 0.129 e. The molecule has 1 N–H and O–H groups in total. The standard InChI is InChI=1S/C13H21N5/c1-5-12-15-7-8-18(12)9-11-10(3)16-17(4)13(11)14-6-2/h7-8,14H,5-6,9H2,1-4H3. The van der Waals surface area contributed by atoms with E-state index >= 15 is 0 Å². The normalized spacial score (nSPS) is 10.9. The van der Waals surface area contributed by atoms with Gasteiger partial charge in [-0.25, -0.2) is 4.98 Å². The molecule has 0 aliphatic heterocycles. The highest BCUT2D eigenvalue weighted by atomic mass is 15.3. The van der Waals surface area contributed by atoms with Gasteiger partial charge in [-0.05, 0) is 13.8 Å². The van der Waals surface area contributed by atoms with E-state index in [0.717, 1.165) is 36.8 Å². The zero-order valence-electron chi connectivity index (χ0n) is 11.6. The Kier molecular flexibility index (Phi) is 3.69. The number of hydrogen-bond acceptors (Lipinski definition) is 3. The van der Waals surface area contributed by atoms with Crippen molar-refractivity contribution >= 4 is 5.82 Å². The van der Waals surface area contributed by atoms with Gasteiger partial charge in [-0.3, -0.25) is 4.68 Å². The molecule has 18 heavy (non-hydrogen) atoms. The molecule has 2 aromatic rings. The van der Waals surface area contributed by atoms with Gasteiger partial charge in [0.15, 0.2) is 0 Å². The summed E-state index contributed by atoms with van der Waals surface area (Å²) in [6.45, 7) is 8.00. The first kappa shape index (κ1) is 12.7. The Balaban J connectivity index is 2.33. The van der Waals surface area contributed by atoms with E-state index in [2.05, 4.69) is 40.7 Å². The van der Waals surface area contributed by atoms with Gasteiger partial charge >= 0.3 is 0 Å². The van der Waals surface area contributed by atoms with Gasteiger partial charge in [0, 0.05) is 38.0 Å². The van der Waals surface area contributed by atoms with Crippen LogP contribution in [0.3, 0.4) is 0 Å². The van der Waals surface area contributed by atoms with Crippen molar-refractivity contribution in [2.24, 2.45) is 7.05 Å². The van der Waals surface area contributed by atoms with Crippen molar-refractivity contribution in [1.82, 2.24) is 19.3 Å². The lowest BCUT2D eigenvalue weighted by molar-refractivity contribution is 0.729. The summed E-state index contributed by atoms with van der Waals surface area (Å²) >= 11 is 0. The van der Waals surface area contributed by atoms with E-state index in [0.29, 0.717) is 0 Å². The molecule has 0 bridgehead atoms. The first-order chi connectivity index (χ1) is 8.67. The maximum Gasteiger partial charge on any atom is 0.129 e. The number of nitrogens with one attached hydrogen (secondary N) is 1. The van der Waals surface area contributed by atoms with Gasteiger partial charge in [-0.1, -0.05) is 6.92 Å². The molecule has 2 rings (SSSR count). The van der Waals surface area contributed by atoms with E-state index in [4.69, 9.17) is 0 Å². The second-order valence-corrected chi connectivity index (χ2v) is 4.39. The topological polar surface area (TPSA) is 47.7 Å². The third kappa shape index (κ3) is 2.25. The highest BCUT2D eigenvalue weighted by molar-refractivity contribution is 5.47. The van der Waals surface area contributed by atoms with E-state index in [-0.39, 0.29) is 0 Å². The van der Waals surface area contributed by atoms with Crippen molar-refractivity contribution in [3.63, 3.8) is 0 Å². The Hall–Kier alpha value is -1.78. The molecule has 0 unspecified atom stereocenters. The molecule has 5 nitrogen and oxygen atoms in total. The lowest BCUT2D eigenvalue weighted by Gasteiger charge is -2.10. The van der Waals surface area contributed by atoms with Gasteiger partial charge in [0.2, 0.25) is 0 Å². The van der Waals surface area contributed by atoms with Crippen molar-refractivity contribution in [2.45, 2.75) is 33.7 Å². The molecule has 0 amide bonds. The van der Waals surface area contributed by atoms with Crippen LogP contribution < -0.4 is 5.32 Å². The highest BCUT2D eigenvalue weighted by Crippen LogP contribution is 2.20. The van der Waals surface area contributed by atoms with Crippen molar-refractivity contribution in [2.75, 3.05) is 11.9 Å². The predicted molar refractivity (Wildman–Crippen MR) is 72.8 cm³/mol. The van der Waals surface area contributed by atoms with Crippen LogP contribution in [0.25, 0.3) is 0 Å². The Morgan fingerprint density at radius 2 is 2.11 bits per heavy atom. The van der Waals surface area contributed by atoms with Crippen LogP contribution in [0.1, 0.15) is 30.9 Å². The largest absolute Gasteiger partial charge is 0.370 e. The van der Waals surface area contributed by atoms with Gasteiger partial charge in [-0.15, -0.1) is 0 Å². The number of anilines is 1. The molecule has 5 heteroatoms. The van der Waals surface area contributed by atoms with Crippen molar-refractivity contribution < 1.29 is 0 Å². The van der Waals surface area contributed by atoms with Gasteiger partial charge in [0.25, 0.3) is 0 Å². The molecule has 0 fully saturated rings. The quantitative estimate of drug-likeness (QED) is 0.878. The van der Waals surface area contributed by atoms with Crippen LogP contribution >= 0.6 is 0 Å². The van der Waals surface area contributed by atoms with Crippen LogP contribution in [0, 0.1) is 6.92 Å². The van der Waals surface area contributed by atoms with Crippen LogP contribution in [-0.2, 0) is 20.0 Å². The molecule has 0 aromatic carbocycles. The molecule has 98 valence electrons. The third-order valence-corrected chi connectivity index (χ3v) is 3.14.